The maximum Gasteiger partial charge on any atom is 0.415 e. The van der Waals surface area contributed by atoms with E-state index in [9.17, 15) is 24.0 Å². The Morgan fingerprint density at radius 3 is 1.35 bits per heavy atom. The average Bonchev–Trinajstić information content (AvgIpc) is 3.46. The molecule has 80 heavy (non-hydrogen) atoms. The lowest BCUT2D eigenvalue weighted by Crippen LogP contribution is -2.44. The third-order valence-electron chi connectivity index (χ3n) is 11.1. The quantitative estimate of drug-likeness (QED) is 0.0453. The lowest BCUT2D eigenvalue weighted by Gasteiger charge is -2.33. The number of thioether (sulfide) groups is 4. The van der Waals surface area contributed by atoms with Crippen molar-refractivity contribution in [3.63, 3.8) is 0 Å². The molecule has 22 heteroatoms. The maximum absolute atomic E-state index is 12.3. The molecule has 1 amide bonds. The smallest absolute Gasteiger partial charge is 0.415 e. The Labute approximate surface area is 513 Å². The summed E-state index contributed by atoms with van der Waals surface area (Å²) in [5, 5.41) is -1.90. The van der Waals surface area contributed by atoms with E-state index in [1.165, 1.54) is 42.0 Å². The second-order valence-electron chi connectivity index (χ2n) is 16.7. The monoisotopic (exact) mass is 1250 g/mol. The Hall–Kier alpha value is -4.81. The molecule has 2 unspecified atom stereocenters. The van der Waals surface area contributed by atoms with Crippen molar-refractivity contribution < 1.29 is 47.7 Å². The van der Waals surface area contributed by atoms with Crippen LogP contribution >= 0.6 is 95.9 Å². The highest BCUT2D eigenvalue weighted by Crippen LogP contribution is 2.32. The molecule has 1 saturated carbocycles. The van der Waals surface area contributed by atoms with Crippen LogP contribution in [0.3, 0.4) is 0 Å². The minimum atomic E-state index is -1.17. The van der Waals surface area contributed by atoms with E-state index in [4.69, 9.17) is 72.6 Å². The van der Waals surface area contributed by atoms with Crippen LogP contribution < -0.4 is 14.7 Å². The molecule has 0 heterocycles. The van der Waals surface area contributed by atoms with Crippen LogP contribution in [0.4, 0.5) is 27.5 Å². The number of aryl methyl sites for hydroxylation is 1. The van der Waals surface area contributed by atoms with Gasteiger partial charge in [-0.3, -0.25) is 29.0 Å². The van der Waals surface area contributed by atoms with Gasteiger partial charge in [0.25, 0.3) is 0 Å². The van der Waals surface area contributed by atoms with Crippen LogP contribution in [-0.4, -0.2) is 128 Å². The zero-order chi connectivity index (χ0) is 58.9. The Morgan fingerprint density at radius 1 is 0.537 bits per heavy atom. The second-order valence-corrected chi connectivity index (χ2v) is 23.8. The van der Waals surface area contributed by atoms with Gasteiger partial charge in [-0.15, -0.1) is 11.8 Å². The van der Waals surface area contributed by atoms with Crippen LogP contribution in [0.15, 0.2) is 115 Å². The number of para-hydroxylation sites is 4. The first-order valence-corrected chi connectivity index (χ1v) is 31.0. The fourth-order valence-corrected chi connectivity index (χ4v) is 11.6. The molecule has 0 N–H and O–H groups in total. The molecule has 0 aliphatic heterocycles. The number of anilines is 4. The van der Waals surface area contributed by atoms with Gasteiger partial charge >= 0.3 is 30.0 Å². The highest BCUT2D eigenvalue weighted by atomic mass is 32.2. The normalized spacial score (nSPS) is 12.2. The number of rotatable bonds is 16. The fraction of sp³-hybridized carbons (Fsp3) is 0.431. The molecule has 5 rings (SSSR count). The van der Waals surface area contributed by atoms with Gasteiger partial charge in [-0.2, -0.15) is 0 Å². The average molecular weight is 1250 g/mol. The number of thiocarbonyl (C=S) groups is 4. The van der Waals surface area contributed by atoms with Gasteiger partial charge in [-0.25, -0.2) is 4.79 Å². The number of carbonyl (C=O) groups is 5. The van der Waals surface area contributed by atoms with E-state index in [2.05, 4.69) is 0 Å². The molecule has 1 fully saturated rings. The predicted octanol–water partition coefficient (Wildman–Crippen LogP) is 14.5. The number of esters is 4. The van der Waals surface area contributed by atoms with Crippen LogP contribution in [-0.2, 0) is 42.9 Å². The number of carbonyl (C=O) groups excluding carboxylic acids is 5. The molecule has 0 saturated heterocycles. The third-order valence-corrected chi connectivity index (χ3v) is 17.0. The van der Waals surface area contributed by atoms with Gasteiger partial charge < -0.3 is 33.5 Å². The maximum atomic E-state index is 12.3. The van der Waals surface area contributed by atoms with Gasteiger partial charge in [0.1, 0.15) is 27.8 Å². The summed E-state index contributed by atoms with van der Waals surface area (Å²) in [6, 6.07) is 37.2. The van der Waals surface area contributed by atoms with E-state index < -0.39 is 28.5 Å². The topological polar surface area (TPSA) is 144 Å². The van der Waals surface area contributed by atoms with Crippen molar-refractivity contribution >= 4 is 166 Å². The summed E-state index contributed by atoms with van der Waals surface area (Å²) < 4.78 is 27.1. The van der Waals surface area contributed by atoms with Crippen LogP contribution in [0.1, 0.15) is 86.6 Å². The molecule has 0 bridgehead atoms. The van der Waals surface area contributed by atoms with E-state index in [0.29, 0.717) is 26.2 Å². The zero-order valence-electron chi connectivity index (χ0n) is 46.8. The Kier molecular flexibility index (Phi) is 37.7. The second kappa shape index (κ2) is 41.2. The van der Waals surface area contributed by atoms with Gasteiger partial charge in [0.2, 0.25) is 5.25 Å². The van der Waals surface area contributed by atoms with Crippen LogP contribution in [0, 0.1) is 6.92 Å². The molecule has 438 valence electrons. The molecular formula is C58H78N4O10S8. The van der Waals surface area contributed by atoms with Gasteiger partial charge in [0, 0.05) is 42.9 Å². The summed E-state index contributed by atoms with van der Waals surface area (Å²) in [5.74, 6) is -1.87. The minimum absolute atomic E-state index is 0. The zero-order valence-corrected chi connectivity index (χ0v) is 53.3. The number of benzene rings is 4. The van der Waals surface area contributed by atoms with Crippen LogP contribution in [0.5, 0.6) is 0 Å². The van der Waals surface area contributed by atoms with Crippen molar-refractivity contribution in [1.29, 1.82) is 0 Å². The molecular weight excluding hydrogens is 1170 g/mol. The summed E-state index contributed by atoms with van der Waals surface area (Å²) in [4.78, 5) is 67.1. The Morgan fingerprint density at radius 2 is 0.938 bits per heavy atom. The summed E-state index contributed by atoms with van der Waals surface area (Å²) in [6.07, 6.45) is 6.73. The summed E-state index contributed by atoms with van der Waals surface area (Å²) >= 11 is 26.5. The number of hydrogen-bond donors (Lipinski definition) is 0. The first-order chi connectivity index (χ1) is 37.8. The number of ether oxygens (including phenoxy) is 5. The SMILES string of the molecule is C.CCOC(=O)C(C)SC(=S)N(C(=O)OC)C1CCCCC1.CCOC(=O)C(C)SC(=S)N(C)c1ccccc1C.CCOC(=O)C(SC(=S)N(c1ccccc1)c1ccccc1)C(=O)OCC.CSC(=S)N(C)c1ccccc1. The van der Waals surface area contributed by atoms with Gasteiger partial charge in [-0.05, 0) is 116 Å². The van der Waals surface area contributed by atoms with Crippen LogP contribution in [0.25, 0.3) is 0 Å². The molecule has 0 spiro atoms. The van der Waals surface area contributed by atoms with Gasteiger partial charge in [-0.1, -0.05) is 184 Å². The van der Waals surface area contributed by atoms with E-state index in [0.717, 1.165) is 70.1 Å². The molecule has 4 aromatic carbocycles. The highest BCUT2D eigenvalue weighted by Gasteiger charge is 2.34. The standard InChI is InChI=1S/C20H21NO4S2.C14H23NO4S2.C14H19NO2S2.C9H11NS2.CH4/c1-3-24-18(22)17(19(23)25-4-2)27-20(26)21(15-11-7-5-8-12-15)16-13-9-6-10-14-16;1-4-19-12(16)10(2)21-14(20)15(13(17)18-3)11-8-6-5-7-9-11;1-5-17-13(16)11(3)19-14(18)15(4)12-9-7-6-8-10(12)2;1-10(9(11)12-2)8-6-4-3-5-7-8;/h5-14,17H,3-4H2,1-2H3;10-11H,4-9H2,1-3H3;6-9,11H,5H2,1-4H3;3-7H,1-2H3;1H4. The molecule has 0 aromatic heterocycles. The third kappa shape index (κ3) is 25.5. The Bertz CT molecular complexity index is 2490. The van der Waals surface area contributed by atoms with E-state index >= 15 is 0 Å². The predicted molar refractivity (Wildman–Crippen MR) is 353 cm³/mol. The molecule has 4 aromatic rings. The summed E-state index contributed by atoms with van der Waals surface area (Å²) in [6.45, 7) is 13.6. The summed E-state index contributed by atoms with van der Waals surface area (Å²) in [5.41, 5.74) is 4.99. The number of methoxy groups -OCH3 is 1. The molecule has 14 nitrogen and oxygen atoms in total. The van der Waals surface area contributed by atoms with E-state index in [1.54, 1.807) is 53.3 Å². The largest absolute Gasteiger partial charge is 0.465 e. The van der Waals surface area contributed by atoms with Crippen LogP contribution in [0.2, 0.25) is 0 Å². The van der Waals surface area contributed by atoms with Crippen molar-refractivity contribution in [3.8, 4) is 0 Å². The van der Waals surface area contributed by atoms with E-state index in [-0.39, 0.29) is 43.9 Å². The van der Waals surface area contributed by atoms with Gasteiger partial charge in [0.15, 0.2) is 0 Å². The number of amides is 1. The lowest BCUT2D eigenvalue weighted by molar-refractivity contribution is -0.153. The van der Waals surface area contributed by atoms with Crippen molar-refractivity contribution in [2.45, 2.75) is 110 Å². The summed E-state index contributed by atoms with van der Waals surface area (Å²) in [7, 11) is 5.24. The Balaban J connectivity index is 0.000000549. The first kappa shape index (κ1) is 73.2. The molecule has 0 radical (unpaired) electrons. The molecule has 1 aliphatic rings. The minimum Gasteiger partial charge on any atom is -0.465 e. The van der Waals surface area contributed by atoms with Crippen molar-refractivity contribution in [2.75, 3.05) is 68.6 Å². The molecule has 1 aliphatic carbocycles. The fourth-order valence-electron chi connectivity index (χ4n) is 7.09. The number of hydrogen-bond acceptors (Lipinski definition) is 18. The van der Waals surface area contributed by atoms with Crippen molar-refractivity contribution in [2.24, 2.45) is 0 Å². The highest BCUT2D eigenvalue weighted by molar-refractivity contribution is 8.25. The first-order valence-electron chi connectivity index (χ1n) is 25.5. The van der Waals surface area contributed by atoms with Crippen molar-refractivity contribution in [3.05, 3.63) is 121 Å². The van der Waals surface area contributed by atoms with Crippen molar-refractivity contribution in [1.82, 2.24) is 4.90 Å². The van der Waals surface area contributed by atoms with E-state index in [1.807, 2.05) is 157 Å². The lowest BCUT2D eigenvalue weighted by atomic mass is 9.95. The molecule has 2 atom stereocenters. The number of nitrogens with zero attached hydrogens (tertiary/aromatic N) is 4. The van der Waals surface area contributed by atoms with Gasteiger partial charge in [0.05, 0.1) is 33.5 Å².